The number of amides is 1. The van der Waals surface area contributed by atoms with Crippen LogP contribution in [-0.4, -0.2) is 46.1 Å². The molecule has 3 rings (SSSR count). The highest BCUT2D eigenvalue weighted by Gasteiger charge is 2.49. The van der Waals surface area contributed by atoms with E-state index in [-0.39, 0.29) is 17.8 Å². The van der Waals surface area contributed by atoms with E-state index in [0.29, 0.717) is 18.6 Å². The van der Waals surface area contributed by atoms with E-state index < -0.39 is 23.9 Å². The van der Waals surface area contributed by atoms with Crippen molar-refractivity contribution in [1.29, 1.82) is 0 Å². The fourth-order valence-electron chi connectivity index (χ4n) is 3.61. The number of esters is 1. The van der Waals surface area contributed by atoms with Gasteiger partial charge in [-0.2, -0.15) is 0 Å². The molecule has 6 nitrogen and oxygen atoms in total. The Hall–Kier alpha value is -1.83. The molecule has 4 atom stereocenters. The zero-order chi connectivity index (χ0) is 20.1. The maximum atomic E-state index is 12.1. The Morgan fingerprint density at radius 2 is 2.14 bits per heavy atom. The molecule has 7 heteroatoms. The molecule has 0 aliphatic carbocycles. The average Bonchev–Trinajstić information content (AvgIpc) is 3.07. The first kappa shape index (κ1) is 20.9. The van der Waals surface area contributed by atoms with E-state index in [1.54, 1.807) is 0 Å². The fraction of sp³-hybridized carbons (Fsp3) is 0.524. The van der Waals surface area contributed by atoms with Crippen molar-refractivity contribution < 1.29 is 24.2 Å². The van der Waals surface area contributed by atoms with Crippen molar-refractivity contribution in [3.63, 3.8) is 0 Å². The SMILES string of the molecule is CC(C)=CC(=O)O[C@@H]1C[C@@H](CCc2ccccc2)O[C@@](O)([C@@H]2CSC(=O)N2)C1. The molecule has 152 valence electrons. The van der Waals surface area contributed by atoms with Gasteiger partial charge in [-0.3, -0.25) is 4.79 Å². The second kappa shape index (κ2) is 9.11. The van der Waals surface area contributed by atoms with E-state index in [9.17, 15) is 14.7 Å². The van der Waals surface area contributed by atoms with Crippen LogP contribution in [0.25, 0.3) is 0 Å². The number of aliphatic hydroxyl groups is 1. The zero-order valence-corrected chi connectivity index (χ0v) is 17.0. The molecule has 0 saturated carbocycles. The fourth-order valence-corrected chi connectivity index (χ4v) is 4.50. The van der Waals surface area contributed by atoms with Gasteiger partial charge in [0.15, 0.2) is 5.79 Å². The summed E-state index contributed by atoms with van der Waals surface area (Å²) in [6.45, 7) is 3.66. The molecule has 0 spiro atoms. The Bertz CT molecular complexity index is 734. The Balaban J connectivity index is 1.70. The van der Waals surface area contributed by atoms with Gasteiger partial charge in [-0.15, -0.1) is 0 Å². The number of thioether (sulfide) groups is 1. The van der Waals surface area contributed by atoms with Gasteiger partial charge in [0.2, 0.25) is 0 Å². The van der Waals surface area contributed by atoms with Crippen LogP contribution in [0.1, 0.15) is 38.7 Å². The monoisotopic (exact) mass is 405 g/mol. The molecule has 2 N–H and O–H groups in total. The third-order valence-corrected chi connectivity index (χ3v) is 5.80. The second-order valence-electron chi connectivity index (χ2n) is 7.62. The molecule has 2 heterocycles. The molecule has 0 bridgehead atoms. The van der Waals surface area contributed by atoms with Crippen molar-refractivity contribution in [1.82, 2.24) is 5.32 Å². The predicted molar refractivity (Wildman–Crippen MR) is 108 cm³/mol. The largest absolute Gasteiger partial charge is 0.459 e. The van der Waals surface area contributed by atoms with Gasteiger partial charge >= 0.3 is 5.97 Å². The molecule has 0 radical (unpaired) electrons. The molecule has 2 saturated heterocycles. The number of aryl methyl sites for hydroxylation is 1. The van der Waals surface area contributed by atoms with Crippen molar-refractivity contribution in [3.8, 4) is 0 Å². The molecular weight excluding hydrogens is 378 g/mol. The van der Waals surface area contributed by atoms with Crippen molar-refractivity contribution in [2.75, 3.05) is 5.75 Å². The van der Waals surface area contributed by atoms with Crippen LogP contribution in [0.3, 0.4) is 0 Å². The molecule has 2 fully saturated rings. The van der Waals surface area contributed by atoms with Crippen LogP contribution in [0.15, 0.2) is 42.0 Å². The number of benzene rings is 1. The van der Waals surface area contributed by atoms with Crippen molar-refractivity contribution in [2.45, 2.75) is 63.6 Å². The van der Waals surface area contributed by atoms with E-state index in [2.05, 4.69) is 17.4 Å². The number of nitrogens with one attached hydrogen (secondary N) is 1. The summed E-state index contributed by atoms with van der Waals surface area (Å²) in [6.07, 6.45) is 2.85. The van der Waals surface area contributed by atoms with E-state index in [1.165, 1.54) is 11.6 Å². The summed E-state index contributed by atoms with van der Waals surface area (Å²) in [5.41, 5.74) is 2.04. The zero-order valence-electron chi connectivity index (χ0n) is 16.2. The summed E-state index contributed by atoms with van der Waals surface area (Å²) in [7, 11) is 0. The number of hydrogen-bond donors (Lipinski definition) is 2. The normalized spacial score (nSPS) is 29.8. The number of ether oxygens (including phenoxy) is 2. The van der Waals surface area contributed by atoms with E-state index in [1.807, 2.05) is 32.0 Å². The van der Waals surface area contributed by atoms with Gasteiger partial charge in [0.05, 0.1) is 12.1 Å². The topological polar surface area (TPSA) is 84.9 Å². The Kier molecular flexibility index (Phi) is 6.80. The van der Waals surface area contributed by atoms with Crippen molar-refractivity contribution in [2.24, 2.45) is 0 Å². The maximum Gasteiger partial charge on any atom is 0.330 e. The minimum atomic E-state index is -1.55. The molecule has 0 unspecified atom stereocenters. The van der Waals surface area contributed by atoms with Crippen LogP contribution < -0.4 is 5.32 Å². The summed E-state index contributed by atoms with van der Waals surface area (Å²) >= 11 is 1.13. The summed E-state index contributed by atoms with van der Waals surface area (Å²) in [4.78, 5) is 23.7. The number of hydrogen-bond acceptors (Lipinski definition) is 6. The third kappa shape index (κ3) is 5.59. The minimum Gasteiger partial charge on any atom is -0.459 e. The first-order chi connectivity index (χ1) is 13.3. The van der Waals surface area contributed by atoms with E-state index in [4.69, 9.17) is 9.47 Å². The van der Waals surface area contributed by atoms with Crippen LogP contribution in [0.4, 0.5) is 4.79 Å². The van der Waals surface area contributed by atoms with Crippen molar-refractivity contribution in [3.05, 3.63) is 47.5 Å². The quantitative estimate of drug-likeness (QED) is 0.559. The minimum absolute atomic E-state index is 0.142. The van der Waals surface area contributed by atoms with Gasteiger partial charge in [0, 0.05) is 24.7 Å². The Morgan fingerprint density at radius 1 is 1.39 bits per heavy atom. The summed E-state index contributed by atoms with van der Waals surface area (Å²) in [6, 6.07) is 9.53. The van der Waals surface area contributed by atoms with Crippen LogP contribution >= 0.6 is 11.8 Å². The van der Waals surface area contributed by atoms with Gasteiger partial charge in [-0.25, -0.2) is 4.79 Å². The van der Waals surface area contributed by atoms with E-state index >= 15 is 0 Å². The number of carbonyl (C=O) groups is 2. The van der Waals surface area contributed by atoms with Crippen LogP contribution in [0.2, 0.25) is 0 Å². The van der Waals surface area contributed by atoms with Crippen LogP contribution in [-0.2, 0) is 20.7 Å². The lowest BCUT2D eigenvalue weighted by Gasteiger charge is -2.43. The lowest BCUT2D eigenvalue weighted by molar-refractivity contribution is -0.283. The van der Waals surface area contributed by atoms with Crippen LogP contribution in [0, 0.1) is 0 Å². The maximum absolute atomic E-state index is 12.1. The molecule has 1 aromatic carbocycles. The molecule has 28 heavy (non-hydrogen) atoms. The Morgan fingerprint density at radius 3 is 2.79 bits per heavy atom. The molecule has 0 aromatic heterocycles. The lowest BCUT2D eigenvalue weighted by atomic mass is 9.91. The number of rotatable bonds is 6. The highest BCUT2D eigenvalue weighted by Crippen LogP contribution is 2.36. The number of allylic oxidation sites excluding steroid dienone is 1. The van der Waals surface area contributed by atoms with Gasteiger partial charge in [-0.1, -0.05) is 47.7 Å². The van der Waals surface area contributed by atoms with Crippen LogP contribution in [0.5, 0.6) is 0 Å². The van der Waals surface area contributed by atoms with Crippen molar-refractivity contribution >= 4 is 23.0 Å². The predicted octanol–water partition coefficient (Wildman–Crippen LogP) is 3.19. The molecule has 2 aliphatic heterocycles. The lowest BCUT2D eigenvalue weighted by Crippen LogP contribution is -2.58. The molecular formula is C21H27NO5S. The van der Waals surface area contributed by atoms with Gasteiger partial charge in [0.1, 0.15) is 6.10 Å². The first-order valence-electron chi connectivity index (χ1n) is 9.57. The summed E-state index contributed by atoms with van der Waals surface area (Å²) in [5, 5.41) is 13.8. The number of carbonyl (C=O) groups excluding carboxylic acids is 2. The van der Waals surface area contributed by atoms with Gasteiger partial charge in [0.25, 0.3) is 5.24 Å². The second-order valence-corrected chi connectivity index (χ2v) is 8.62. The van der Waals surface area contributed by atoms with E-state index in [0.717, 1.165) is 23.8 Å². The first-order valence-corrected chi connectivity index (χ1v) is 10.6. The smallest absolute Gasteiger partial charge is 0.330 e. The molecule has 2 aliphatic rings. The summed E-state index contributed by atoms with van der Waals surface area (Å²) in [5.74, 6) is -1.54. The molecule has 1 aromatic rings. The highest BCUT2D eigenvalue weighted by atomic mass is 32.2. The summed E-state index contributed by atoms with van der Waals surface area (Å²) < 4.78 is 11.6. The van der Waals surface area contributed by atoms with Gasteiger partial charge < -0.3 is 19.9 Å². The Labute approximate surface area is 169 Å². The highest BCUT2D eigenvalue weighted by molar-refractivity contribution is 8.14. The third-order valence-electron chi connectivity index (χ3n) is 4.92. The molecule has 1 amide bonds. The average molecular weight is 406 g/mol. The van der Waals surface area contributed by atoms with Gasteiger partial charge in [-0.05, 0) is 32.3 Å². The standard InChI is InChI=1S/C21H27NO5S/c1-14(2)10-19(23)26-17-11-16(9-8-15-6-4-3-5-7-15)27-21(25,12-17)18-13-28-20(24)22-18/h3-7,10,16-18,25H,8-9,11-13H2,1-2H3,(H,22,24)/t16-,17-,18+,21-/m1/s1.